The molecule has 8 nitrogen and oxygen atoms in total. The average Bonchev–Trinajstić information content (AvgIpc) is 3.48. The fraction of sp³-hybridized carbons (Fsp3) is 0.536. The number of aromatic nitrogens is 4. The lowest BCUT2D eigenvalue weighted by Crippen LogP contribution is -2.27. The van der Waals surface area contributed by atoms with Crippen molar-refractivity contribution in [2.24, 2.45) is 0 Å². The van der Waals surface area contributed by atoms with Gasteiger partial charge < -0.3 is 23.3 Å². The predicted molar refractivity (Wildman–Crippen MR) is 138 cm³/mol. The Balaban J connectivity index is 1.52. The number of fused-ring (bicyclic) bond motifs is 3. The van der Waals surface area contributed by atoms with Crippen molar-refractivity contribution in [3.05, 3.63) is 35.6 Å². The van der Waals surface area contributed by atoms with Gasteiger partial charge in [-0.3, -0.25) is 4.98 Å². The number of hydrogen-bond donors (Lipinski definition) is 0. The number of pyridine rings is 1. The first-order valence-electron chi connectivity index (χ1n) is 13.3. The third kappa shape index (κ3) is 4.43. The molecule has 2 aliphatic rings. The van der Waals surface area contributed by atoms with Crippen molar-refractivity contribution in [2.75, 3.05) is 20.3 Å². The zero-order chi connectivity index (χ0) is 26.4. The van der Waals surface area contributed by atoms with Crippen LogP contribution in [0.1, 0.15) is 67.8 Å². The van der Waals surface area contributed by atoms with Crippen LogP contribution in [0, 0.1) is 13.8 Å². The third-order valence-corrected chi connectivity index (χ3v) is 8.06. The second kappa shape index (κ2) is 10.2. The lowest BCUT2D eigenvalue weighted by molar-refractivity contribution is -0.171. The number of benzene rings is 1. The highest BCUT2D eigenvalue weighted by Crippen LogP contribution is 2.43. The molecule has 1 aliphatic heterocycles. The van der Waals surface area contributed by atoms with Gasteiger partial charge in [0.2, 0.25) is 0 Å². The van der Waals surface area contributed by atoms with Crippen LogP contribution in [0.2, 0.25) is 0 Å². The summed E-state index contributed by atoms with van der Waals surface area (Å²) in [5.41, 5.74) is 5.23. The first-order chi connectivity index (χ1) is 18.4. The first-order valence-corrected chi connectivity index (χ1v) is 13.3. The summed E-state index contributed by atoms with van der Waals surface area (Å²) in [6.07, 6.45) is 5.90. The summed E-state index contributed by atoms with van der Waals surface area (Å²) in [6.45, 7) is 2.47. The van der Waals surface area contributed by atoms with Crippen LogP contribution in [0.4, 0.5) is 8.78 Å². The highest BCUT2D eigenvalue weighted by Gasteiger charge is 2.32. The lowest BCUT2D eigenvalue weighted by atomic mass is 9.91. The zero-order valence-electron chi connectivity index (χ0n) is 21.9. The van der Waals surface area contributed by atoms with Crippen LogP contribution in [0.3, 0.4) is 0 Å². The van der Waals surface area contributed by atoms with Gasteiger partial charge in [0.1, 0.15) is 22.9 Å². The van der Waals surface area contributed by atoms with Crippen molar-refractivity contribution >= 4 is 21.9 Å². The van der Waals surface area contributed by atoms with E-state index < -0.39 is 12.7 Å². The Kier molecular flexibility index (Phi) is 6.77. The molecule has 6 rings (SSSR count). The van der Waals surface area contributed by atoms with Gasteiger partial charge in [-0.2, -0.15) is 8.78 Å². The lowest BCUT2D eigenvalue weighted by Gasteiger charge is -2.32. The predicted octanol–water partition coefficient (Wildman–Crippen LogP) is 6.48. The largest absolute Gasteiger partial charge is 0.496 e. The van der Waals surface area contributed by atoms with Gasteiger partial charge in [-0.25, -0.2) is 4.98 Å². The number of hydrogen-bond acceptors (Lipinski definition) is 7. The molecule has 0 unspecified atom stereocenters. The van der Waals surface area contributed by atoms with Crippen molar-refractivity contribution in [2.45, 2.75) is 77.0 Å². The number of imidazole rings is 1. The van der Waals surface area contributed by atoms with E-state index in [2.05, 4.69) is 9.72 Å². The van der Waals surface area contributed by atoms with Gasteiger partial charge in [0.15, 0.2) is 0 Å². The number of ether oxygens (including phenoxy) is 3. The highest BCUT2D eigenvalue weighted by atomic mass is 19.3. The van der Waals surface area contributed by atoms with E-state index in [-0.39, 0.29) is 12.0 Å². The molecule has 1 saturated heterocycles. The maximum Gasteiger partial charge on any atom is 0.345 e. The van der Waals surface area contributed by atoms with Gasteiger partial charge in [-0.1, -0.05) is 5.16 Å². The van der Waals surface area contributed by atoms with Crippen molar-refractivity contribution in [3.63, 3.8) is 0 Å². The fourth-order valence-corrected chi connectivity index (χ4v) is 6.25. The minimum Gasteiger partial charge on any atom is -0.496 e. The molecule has 0 bridgehead atoms. The molecule has 4 heterocycles. The summed E-state index contributed by atoms with van der Waals surface area (Å²) in [7, 11) is 1.66. The van der Waals surface area contributed by atoms with E-state index in [4.69, 9.17) is 28.7 Å². The topological polar surface area (TPSA) is 84.4 Å². The fourth-order valence-electron chi connectivity index (χ4n) is 6.25. The summed E-state index contributed by atoms with van der Waals surface area (Å²) >= 11 is 0. The molecule has 4 aromatic rings. The maximum atomic E-state index is 12.9. The molecular formula is C28H32F2N4O4. The van der Waals surface area contributed by atoms with Crippen LogP contribution in [-0.2, 0) is 9.47 Å². The number of nitrogens with zero attached hydrogens (tertiary/aromatic N) is 4. The van der Waals surface area contributed by atoms with E-state index in [1.54, 1.807) is 7.11 Å². The highest BCUT2D eigenvalue weighted by molar-refractivity contribution is 6.05. The minimum absolute atomic E-state index is 0.134. The van der Waals surface area contributed by atoms with Crippen LogP contribution in [0.25, 0.3) is 33.1 Å². The van der Waals surface area contributed by atoms with Gasteiger partial charge in [0.25, 0.3) is 0 Å². The Morgan fingerprint density at radius 3 is 2.45 bits per heavy atom. The van der Waals surface area contributed by atoms with E-state index >= 15 is 0 Å². The number of rotatable bonds is 6. The Morgan fingerprint density at radius 2 is 1.79 bits per heavy atom. The molecule has 0 atom stereocenters. The third-order valence-electron chi connectivity index (χ3n) is 8.06. The van der Waals surface area contributed by atoms with Crippen molar-refractivity contribution in [1.29, 1.82) is 0 Å². The molecule has 1 saturated carbocycles. The van der Waals surface area contributed by atoms with Crippen LogP contribution in [0.15, 0.2) is 22.9 Å². The summed E-state index contributed by atoms with van der Waals surface area (Å²) in [4.78, 5) is 9.91. The van der Waals surface area contributed by atoms with E-state index in [1.165, 1.54) is 0 Å². The van der Waals surface area contributed by atoms with Gasteiger partial charge in [0.05, 0.1) is 41.7 Å². The molecule has 0 N–H and O–H groups in total. The van der Waals surface area contributed by atoms with E-state index in [9.17, 15) is 8.78 Å². The SMILES string of the molecule is COc1cc2c(cc1-c1c(C)noc1C)ncc1nc(C3CCOCC3)n(C3CCC(OC(F)F)CC3)c12. The number of aryl methyl sites for hydroxylation is 2. The zero-order valence-corrected chi connectivity index (χ0v) is 21.9. The van der Waals surface area contributed by atoms with Crippen molar-refractivity contribution in [1.82, 2.24) is 19.7 Å². The first kappa shape index (κ1) is 25.2. The van der Waals surface area contributed by atoms with Gasteiger partial charge in [-0.05, 0) is 64.5 Å². The molecule has 2 fully saturated rings. The Hall–Kier alpha value is -3.11. The second-order valence-electron chi connectivity index (χ2n) is 10.3. The van der Waals surface area contributed by atoms with Crippen LogP contribution >= 0.6 is 0 Å². The molecule has 1 aromatic carbocycles. The standard InChI is InChI=1S/C28H32F2N4O4/c1-15-25(16(2)38-33-15)21-12-22-20(13-24(21)35-3)26-23(14-31-22)32-27(17-8-10-36-11-9-17)34(26)18-4-6-19(7-5-18)37-28(29)30/h12-14,17-19,28H,4-11H2,1-3H3. The van der Waals surface area contributed by atoms with E-state index in [0.717, 1.165) is 76.0 Å². The molecule has 0 radical (unpaired) electrons. The van der Waals surface area contributed by atoms with Gasteiger partial charge in [0, 0.05) is 36.1 Å². The molecule has 202 valence electrons. The van der Waals surface area contributed by atoms with Crippen molar-refractivity contribution < 1.29 is 27.5 Å². The summed E-state index contributed by atoms with van der Waals surface area (Å²) in [5, 5.41) is 5.07. The molecule has 0 amide bonds. The number of halogens is 2. The number of methoxy groups -OCH3 is 1. The summed E-state index contributed by atoms with van der Waals surface area (Å²) in [5.74, 6) is 2.72. The monoisotopic (exact) mass is 526 g/mol. The van der Waals surface area contributed by atoms with Crippen molar-refractivity contribution in [3.8, 4) is 16.9 Å². The summed E-state index contributed by atoms with van der Waals surface area (Å²) in [6, 6.07) is 4.19. The molecule has 1 aliphatic carbocycles. The quantitative estimate of drug-likeness (QED) is 0.284. The second-order valence-corrected chi connectivity index (χ2v) is 10.3. The molecule has 0 spiro atoms. The molecule has 3 aromatic heterocycles. The van der Waals surface area contributed by atoms with Crippen LogP contribution in [0.5, 0.6) is 5.75 Å². The molecule has 38 heavy (non-hydrogen) atoms. The Labute approximate surface area is 219 Å². The Morgan fingerprint density at radius 1 is 1.03 bits per heavy atom. The molecular weight excluding hydrogens is 494 g/mol. The smallest absolute Gasteiger partial charge is 0.345 e. The van der Waals surface area contributed by atoms with E-state index in [1.807, 2.05) is 32.2 Å². The van der Waals surface area contributed by atoms with Crippen LogP contribution < -0.4 is 4.74 Å². The maximum absolute atomic E-state index is 12.9. The van der Waals surface area contributed by atoms with Gasteiger partial charge in [-0.15, -0.1) is 0 Å². The van der Waals surface area contributed by atoms with E-state index in [0.29, 0.717) is 31.8 Å². The normalized spacial score (nSPS) is 21.1. The van der Waals surface area contributed by atoms with Crippen LogP contribution in [-0.4, -0.2) is 52.7 Å². The summed E-state index contributed by atoms with van der Waals surface area (Å²) < 4.78 is 49.8. The van der Waals surface area contributed by atoms with Gasteiger partial charge >= 0.3 is 6.61 Å². The minimum atomic E-state index is -2.74. The Bertz CT molecular complexity index is 1430. The average molecular weight is 527 g/mol. The number of alkyl halides is 2. The molecule has 10 heteroatoms.